The fraction of sp³-hybridized carbons (Fsp3) is 0.263. The highest BCUT2D eigenvalue weighted by Crippen LogP contribution is 2.32. The predicted molar refractivity (Wildman–Crippen MR) is 108 cm³/mol. The number of nitrogens with zero attached hydrogens (tertiary/aromatic N) is 3. The van der Waals surface area contributed by atoms with Crippen molar-refractivity contribution in [1.29, 1.82) is 0 Å². The number of hydrogen-bond donors (Lipinski definition) is 0. The molecule has 0 spiro atoms. The zero-order valence-electron chi connectivity index (χ0n) is 15.2. The van der Waals surface area contributed by atoms with Gasteiger partial charge in [0, 0.05) is 24.1 Å². The van der Waals surface area contributed by atoms with Crippen LogP contribution in [0.1, 0.15) is 10.4 Å². The van der Waals surface area contributed by atoms with Crippen LogP contribution in [0.3, 0.4) is 0 Å². The van der Waals surface area contributed by atoms with Crippen LogP contribution in [0.15, 0.2) is 41.3 Å². The lowest BCUT2D eigenvalue weighted by molar-refractivity contribution is 0.0982. The number of amides is 1. The third-order valence-corrected chi connectivity index (χ3v) is 5.81. The summed E-state index contributed by atoms with van der Waals surface area (Å²) < 4.78 is 28.0. The Hall–Kier alpha value is -2.03. The highest BCUT2D eigenvalue weighted by molar-refractivity contribution is 7.98. The molecule has 1 heterocycles. The molecule has 0 radical (unpaired) electrons. The van der Waals surface area contributed by atoms with Crippen molar-refractivity contribution in [1.82, 2.24) is 9.88 Å². The van der Waals surface area contributed by atoms with Gasteiger partial charge >= 0.3 is 0 Å². The fourth-order valence-corrected chi connectivity index (χ4v) is 4.23. The Morgan fingerprint density at radius 2 is 1.93 bits per heavy atom. The number of likely N-dealkylation sites (N-methyl/N-ethyl adjacent to an activating group) is 1. The average molecular weight is 408 g/mol. The summed E-state index contributed by atoms with van der Waals surface area (Å²) in [5.74, 6) is -1.59. The molecule has 0 saturated carbocycles. The molecule has 4 nitrogen and oxygen atoms in total. The number of carbonyl (C=O) groups excluding carboxylic acids is 1. The number of aromatic nitrogens is 1. The second-order valence-corrected chi connectivity index (χ2v) is 8.05. The first-order valence-corrected chi connectivity index (χ1v) is 10.3. The smallest absolute Gasteiger partial charge is 0.261 e. The minimum atomic E-state index is -0.725. The van der Waals surface area contributed by atoms with Crippen molar-refractivity contribution in [3.63, 3.8) is 0 Å². The molecule has 0 N–H and O–H groups in total. The maximum Gasteiger partial charge on any atom is 0.261 e. The van der Waals surface area contributed by atoms with E-state index >= 15 is 0 Å². The van der Waals surface area contributed by atoms with Gasteiger partial charge in [0.15, 0.2) is 10.9 Å². The Bertz CT molecular complexity index is 975. The maximum atomic E-state index is 14.1. The van der Waals surface area contributed by atoms with Crippen LogP contribution in [0.5, 0.6) is 0 Å². The average Bonchev–Trinajstić information content (AvgIpc) is 3.05. The van der Waals surface area contributed by atoms with Gasteiger partial charge in [-0.2, -0.15) is 0 Å². The van der Waals surface area contributed by atoms with Crippen LogP contribution in [0.25, 0.3) is 10.2 Å². The lowest BCUT2D eigenvalue weighted by Crippen LogP contribution is -2.37. The van der Waals surface area contributed by atoms with Crippen LogP contribution in [-0.2, 0) is 0 Å². The summed E-state index contributed by atoms with van der Waals surface area (Å²) in [5.41, 5.74) is 0.645. The van der Waals surface area contributed by atoms with E-state index in [9.17, 15) is 13.6 Å². The summed E-state index contributed by atoms with van der Waals surface area (Å²) in [6, 6.07) is 9.39. The number of anilines is 1. The van der Waals surface area contributed by atoms with Crippen molar-refractivity contribution in [2.45, 2.75) is 4.90 Å². The Morgan fingerprint density at radius 3 is 2.63 bits per heavy atom. The van der Waals surface area contributed by atoms with E-state index in [0.29, 0.717) is 28.5 Å². The molecule has 0 atom stereocenters. The minimum absolute atomic E-state index is 0.0807. The SMILES string of the molecule is CSc1ccccc1C(=O)N(CCN(C)C)c1nc2c(F)cc(F)cc2s1. The van der Waals surface area contributed by atoms with Gasteiger partial charge in [-0.25, -0.2) is 13.8 Å². The number of thiazole rings is 1. The molecule has 0 bridgehead atoms. The van der Waals surface area contributed by atoms with Gasteiger partial charge in [0.05, 0.1) is 10.3 Å². The number of halogens is 2. The van der Waals surface area contributed by atoms with Gasteiger partial charge in [0.1, 0.15) is 11.3 Å². The molecule has 1 aromatic heterocycles. The number of benzene rings is 2. The summed E-state index contributed by atoms with van der Waals surface area (Å²) in [6.07, 6.45) is 1.91. The number of carbonyl (C=O) groups is 1. The molecule has 142 valence electrons. The van der Waals surface area contributed by atoms with Crippen LogP contribution >= 0.6 is 23.1 Å². The second-order valence-electron chi connectivity index (χ2n) is 6.19. The highest BCUT2D eigenvalue weighted by Gasteiger charge is 2.24. The molecule has 3 rings (SSSR count). The molecular formula is C19H19F2N3OS2. The number of rotatable bonds is 6. The number of fused-ring (bicyclic) bond motifs is 1. The standard InChI is InChI=1S/C19H19F2N3OS2/c1-23(2)8-9-24(18(25)13-6-4-5-7-15(13)26-3)19-22-17-14(21)10-12(20)11-16(17)27-19/h4-7,10-11H,8-9H2,1-3H3. The molecule has 0 aliphatic heterocycles. The molecule has 27 heavy (non-hydrogen) atoms. The monoisotopic (exact) mass is 407 g/mol. The molecule has 0 aliphatic rings. The van der Waals surface area contributed by atoms with Gasteiger partial charge in [-0.05, 0) is 38.6 Å². The molecule has 8 heteroatoms. The van der Waals surface area contributed by atoms with E-state index in [1.165, 1.54) is 22.7 Å². The zero-order valence-corrected chi connectivity index (χ0v) is 16.8. The van der Waals surface area contributed by atoms with E-state index in [1.54, 1.807) is 6.07 Å². The summed E-state index contributed by atoms with van der Waals surface area (Å²) in [5, 5.41) is 0.359. The lowest BCUT2D eigenvalue weighted by Gasteiger charge is -2.22. The van der Waals surface area contributed by atoms with Gasteiger partial charge in [-0.15, -0.1) is 11.8 Å². The first-order valence-electron chi connectivity index (χ1n) is 8.26. The van der Waals surface area contributed by atoms with E-state index in [1.807, 2.05) is 43.5 Å². The summed E-state index contributed by atoms with van der Waals surface area (Å²) in [6.45, 7) is 0.998. The predicted octanol–water partition coefficient (Wildman–Crippen LogP) is 4.50. The van der Waals surface area contributed by atoms with E-state index in [0.717, 1.165) is 22.3 Å². The Kier molecular flexibility index (Phi) is 6.08. The molecular weight excluding hydrogens is 388 g/mol. The van der Waals surface area contributed by atoms with Crippen molar-refractivity contribution in [2.24, 2.45) is 0 Å². The summed E-state index contributed by atoms with van der Waals surface area (Å²) >= 11 is 2.60. The summed E-state index contributed by atoms with van der Waals surface area (Å²) in [7, 11) is 3.82. The van der Waals surface area contributed by atoms with Gasteiger partial charge in [-0.1, -0.05) is 23.5 Å². The van der Waals surface area contributed by atoms with Gasteiger partial charge in [0.25, 0.3) is 5.91 Å². The largest absolute Gasteiger partial charge is 0.308 e. The number of hydrogen-bond acceptors (Lipinski definition) is 5. The normalized spacial score (nSPS) is 11.3. The first kappa shape index (κ1) is 19.7. The molecule has 0 unspecified atom stereocenters. The lowest BCUT2D eigenvalue weighted by atomic mass is 10.2. The maximum absolute atomic E-state index is 14.1. The van der Waals surface area contributed by atoms with Crippen molar-refractivity contribution in [2.75, 3.05) is 38.3 Å². The van der Waals surface area contributed by atoms with Crippen LogP contribution in [0, 0.1) is 11.6 Å². The van der Waals surface area contributed by atoms with E-state index in [4.69, 9.17) is 0 Å². The van der Waals surface area contributed by atoms with Crippen LogP contribution in [0.2, 0.25) is 0 Å². The highest BCUT2D eigenvalue weighted by atomic mass is 32.2. The number of thioether (sulfide) groups is 1. The van der Waals surface area contributed by atoms with Crippen molar-refractivity contribution < 1.29 is 13.6 Å². The minimum Gasteiger partial charge on any atom is -0.308 e. The van der Waals surface area contributed by atoms with E-state index in [-0.39, 0.29) is 11.4 Å². The van der Waals surface area contributed by atoms with Crippen LogP contribution in [0.4, 0.5) is 13.9 Å². The molecule has 3 aromatic rings. The molecule has 1 amide bonds. The van der Waals surface area contributed by atoms with E-state index < -0.39 is 11.6 Å². The Labute approximate surface area is 164 Å². The third-order valence-electron chi connectivity index (χ3n) is 3.99. The van der Waals surface area contributed by atoms with Crippen LogP contribution < -0.4 is 4.90 Å². The zero-order chi connectivity index (χ0) is 19.6. The molecule has 2 aromatic carbocycles. The van der Waals surface area contributed by atoms with E-state index in [2.05, 4.69) is 4.98 Å². The third kappa shape index (κ3) is 4.28. The molecule has 0 saturated heterocycles. The van der Waals surface area contributed by atoms with Crippen molar-refractivity contribution in [3.05, 3.63) is 53.6 Å². The summed E-state index contributed by atoms with van der Waals surface area (Å²) in [4.78, 5) is 21.9. The fourth-order valence-electron chi connectivity index (χ4n) is 2.61. The topological polar surface area (TPSA) is 36.4 Å². The Balaban J connectivity index is 2.06. The van der Waals surface area contributed by atoms with Crippen molar-refractivity contribution in [3.8, 4) is 0 Å². The van der Waals surface area contributed by atoms with Crippen molar-refractivity contribution >= 4 is 44.4 Å². The molecule has 0 fully saturated rings. The van der Waals surface area contributed by atoms with Gasteiger partial charge in [-0.3, -0.25) is 9.69 Å². The van der Waals surface area contributed by atoms with Gasteiger partial charge < -0.3 is 4.90 Å². The second kappa shape index (κ2) is 8.33. The molecule has 0 aliphatic carbocycles. The van der Waals surface area contributed by atoms with Gasteiger partial charge in [0.2, 0.25) is 0 Å². The first-order chi connectivity index (χ1) is 12.9. The Morgan fingerprint density at radius 1 is 1.19 bits per heavy atom. The quantitative estimate of drug-likeness (QED) is 0.564. The van der Waals surface area contributed by atoms with Crippen LogP contribution in [-0.4, -0.2) is 49.2 Å².